The van der Waals surface area contributed by atoms with Crippen LogP contribution in [0.1, 0.15) is 4.88 Å². The molecule has 1 heterocycles. The second-order valence-corrected chi connectivity index (χ2v) is 6.18. The van der Waals surface area contributed by atoms with Crippen LogP contribution in [-0.2, 0) is 6.61 Å². The molecule has 96 valence electrons. The van der Waals surface area contributed by atoms with Crippen LogP contribution >= 0.6 is 34.5 Å². The summed E-state index contributed by atoms with van der Waals surface area (Å²) in [5, 5.41) is 2.63. The maximum Gasteiger partial charge on any atom is 0.122 e. The van der Waals surface area contributed by atoms with E-state index in [4.69, 9.17) is 27.9 Å². The molecule has 2 aromatic carbocycles. The molecular formula is C15H10Cl2OS. The molecule has 0 atom stereocenters. The molecule has 0 aliphatic rings. The number of thiophene rings is 1. The molecule has 0 aliphatic carbocycles. The minimum atomic E-state index is 0.554. The lowest BCUT2D eigenvalue weighted by atomic mass is 10.2. The van der Waals surface area contributed by atoms with Crippen molar-refractivity contribution < 1.29 is 4.74 Å². The third-order valence-electron chi connectivity index (χ3n) is 2.72. The molecule has 4 heteroatoms. The number of halogens is 2. The van der Waals surface area contributed by atoms with Gasteiger partial charge in [-0.15, -0.1) is 11.3 Å². The van der Waals surface area contributed by atoms with Crippen LogP contribution in [0.2, 0.25) is 10.0 Å². The van der Waals surface area contributed by atoms with Gasteiger partial charge in [-0.1, -0.05) is 23.2 Å². The summed E-state index contributed by atoms with van der Waals surface area (Å²) in [7, 11) is 0. The van der Waals surface area contributed by atoms with Crippen LogP contribution < -0.4 is 4.74 Å². The van der Waals surface area contributed by atoms with Crippen molar-refractivity contribution in [3.05, 3.63) is 63.5 Å². The third-order valence-corrected chi connectivity index (χ3v) is 4.30. The van der Waals surface area contributed by atoms with Gasteiger partial charge in [0.1, 0.15) is 12.4 Å². The van der Waals surface area contributed by atoms with Gasteiger partial charge in [0, 0.05) is 19.6 Å². The molecule has 0 amide bonds. The summed E-state index contributed by atoms with van der Waals surface area (Å²) in [4.78, 5) is 1.17. The van der Waals surface area contributed by atoms with Crippen LogP contribution in [-0.4, -0.2) is 0 Å². The molecule has 0 saturated carbocycles. The molecule has 3 aromatic rings. The molecule has 1 aromatic heterocycles. The van der Waals surface area contributed by atoms with Crippen LogP contribution in [0.4, 0.5) is 0 Å². The minimum Gasteiger partial charge on any atom is -0.488 e. The van der Waals surface area contributed by atoms with Gasteiger partial charge in [-0.25, -0.2) is 0 Å². The van der Waals surface area contributed by atoms with E-state index < -0.39 is 0 Å². The highest BCUT2D eigenvalue weighted by Gasteiger charge is 2.03. The van der Waals surface area contributed by atoms with Crippen molar-refractivity contribution in [2.24, 2.45) is 0 Å². The second-order valence-electron chi connectivity index (χ2n) is 4.14. The summed E-state index contributed by atoms with van der Waals surface area (Å²) in [5.41, 5.74) is 0. The molecule has 0 N–H and O–H groups in total. The average molecular weight is 309 g/mol. The highest BCUT2D eigenvalue weighted by atomic mass is 35.5. The van der Waals surface area contributed by atoms with Gasteiger partial charge < -0.3 is 4.74 Å². The molecule has 0 saturated heterocycles. The lowest BCUT2D eigenvalue weighted by Gasteiger charge is -2.03. The third kappa shape index (κ3) is 3.03. The number of hydrogen-bond acceptors (Lipinski definition) is 2. The second kappa shape index (κ2) is 5.41. The topological polar surface area (TPSA) is 9.23 Å². The molecule has 0 bridgehead atoms. The van der Waals surface area contributed by atoms with Gasteiger partial charge in [-0.05, 0) is 53.9 Å². The maximum atomic E-state index is 5.98. The Morgan fingerprint density at radius 1 is 0.895 bits per heavy atom. The molecular weight excluding hydrogens is 299 g/mol. The van der Waals surface area contributed by atoms with E-state index in [1.165, 1.54) is 9.58 Å². The van der Waals surface area contributed by atoms with Crippen molar-refractivity contribution in [1.29, 1.82) is 0 Å². The van der Waals surface area contributed by atoms with Crippen LogP contribution in [0.15, 0.2) is 48.5 Å². The van der Waals surface area contributed by atoms with E-state index in [1.807, 2.05) is 42.5 Å². The summed E-state index contributed by atoms with van der Waals surface area (Å²) in [6.07, 6.45) is 0. The number of hydrogen-bond donors (Lipinski definition) is 0. The fraction of sp³-hybridized carbons (Fsp3) is 0.0667. The lowest BCUT2D eigenvalue weighted by molar-refractivity contribution is 0.310. The van der Waals surface area contributed by atoms with Crippen molar-refractivity contribution in [2.75, 3.05) is 0 Å². The van der Waals surface area contributed by atoms with E-state index in [0.29, 0.717) is 11.6 Å². The summed E-state index contributed by atoms with van der Waals surface area (Å²) >= 11 is 13.5. The van der Waals surface area contributed by atoms with Gasteiger partial charge in [0.2, 0.25) is 0 Å². The van der Waals surface area contributed by atoms with Gasteiger partial charge in [0.25, 0.3) is 0 Å². The quantitative estimate of drug-likeness (QED) is 0.595. The predicted octanol–water partition coefficient (Wildman–Crippen LogP) is 5.79. The SMILES string of the molecule is Clc1ccc(OCc2cc3cc(Cl)ccc3s2)cc1. The van der Waals surface area contributed by atoms with Crippen molar-refractivity contribution >= 4 is 44.6 Å². The minimum absolute atomic E-state index is 0.554. The van der Waals surface area contributed by atoms with Gasteiger partial charge in [-0.3, -0.25) is 0 Å². The monoisotopic (exact) mass is 308 g/mol. The van der Waals surface area contributed by atoms with Gasteiger partial charge in [0.15, 0.2) is 0 Å². The largest absolute Gasteiger partial charge is 0.488 e. The van der Waals surface area contributed by atoms with Crippen molar-refractivity contribution in [3.8, 4) is 5.75 Å². The zero-order valence-electron chi connectivity index (χ0n) is 9.90. The van der Waals surface area contributed by atoms with Gasteiger partial charge in [0.05, 0.1) is 0 Å². The maximum absolute atomic E-state index is 5.98. The smallest absolute Gasteiger partial charge is 0.122 e. The van der Waals surface area contributed by atoms with E-state index in [9.17, 15) is 0 Å². The van der Waals surface area contributed by atoms with Crippen LogP contribution in [0.25, 0.3) is 10.1 Å². The highest BCUT2D eigenvalue weighted by Crippen LogP contribution is 2.29. The molecule has 19 heavy (non-hydrogen) atoms. The van der Waals surface area contributed by atoms with E-state index in [1.54, 1.807) is 11.3 Å². The number of rotatable bonds is 3. The number of benzene rings is 2. The summed E-state index contributed by atoms with van der Waals surface area (Å²) < 4.78 is 6.95. The Hall–Kier alpha value is -1.22. The standard InChI is InChI=1S/C15H10Cl2OS/c16-11-1-4-13(5-2-11)18-9-14-8-10-7-12(17)3-6-15(10)19-14/h1-8H,9H2. The Labute approximate surface area is 125 Å². The van der Waals surface area contributed by atoms with E-state index in [-0.39, 0.29) is 0 Å². The van der Waals surface area contributed by atoms with Crippen LogP contribution in [0.5, 0.6) is 5.75 Å². The molecule has 0 aliphatic heterocycles. The van der Waals surface area contributed by atoms with Gasteiger partial charge in [-0.2, -0.15) is 0 Å². The summed E-state index contributed by atoms with van der Waals surface area (Å²) in [6, 6.07) is 15.4. The average Bonchev–Trinajstić information content (AvgIpc) is 2.80. The predicted molar refractivity (Wildman–Crippen MR) is 82.6 cm³/mol. The molecule has 0 spiro atoms. The fourth-order valence-corrected chi connectivity index (χ4v) is 3.09. The molecule has 3 rings (SSSR count). The Kier molecular flexibility index (Phi) is 3.65. The highest BCUT2D eigenvalue weighted by molar-refractivity contribution is 7.19. The van der Waals surface area contributed by atoms with E-state index >= 15 is 0 Å². The Morgan fingerprint density at radius 3 is 2.42 bits per heavy atom. The lowest BCUT2D eigenvalue weighted by Crippen LogP contribution is -1.91. The van der Waals surface area contributed by atoms with Crippen molar-refractivity contribution in [1.82, 2.24) is 0 Å². The van der Waals surface area contributed by atoms with Crippen LogP contribution in [0, 0.1) is 0 Å². The van der Waals surface area contributed by atoms with Gasteiger partial charge >= 0.3 is 0 Å². The Bertz CT molecular complexity index is 704. The first-order chi connectivity index (χ1) is 9.20. The fourth-order valence-electron chi connectivity index (χ4n) is 1.83. The first-order valence-electron chi connectivity index (χ1n) is 5.77. The Balaban J connectivity index is 1.76. The molecule has 0 radical (unpaired) electrons. The number of fused-ring (bicyclic) bond motifs is 1. The first-order valence-corrected chi connectivity index (χ1v) is 7.34. The Morgan fingerprint density at radius 2 is 1.63 bits per heavy atom. The first kappa shape index (κ1) is 12.8. The molecule has 0 fully saturated rings. The number of ether oxygens (including phenoxy) is 1. The molecule has 0 unspecified atom stereocenters. The zero-order valence-corrected chi connectivity index (χ0v) is 12.2. The van der Waals surface area contributed by atoms with Crippen molar-refractivity contribution in [3.63, 3.8) is 0 Å². The van der Waals surface area contributed by atoms with E-state index in [2.05, 4.69) is 6.07 Å². The summed E-state index contributed by atoms with van der Waals surface area (Å²) in [6.45, 7) is 0.554. The van der Waals surface area contributed by atoms with E-state index in [0.717, 1.165) is 16.2 Å². The van der Waals surface area contributed by atoms with Crippen LogP contribution in [0.3, 0.4) is 0 Å². The van der Waals surface area contributed by atoms with Crippen molar-refractivity contribution in [2.45, 2.75) is 6.61 Å². The molecule has 1 nitrogen and oxygen atoms in total. The normalized spacial score (nSPS) is 10.8. The summed E-state index contributed by atoms with van der Waals surface area (Å²) in [5.74, 6) is 0.819. The zero-order chi connectivity index (χ0) is 13.2.